The molecule has 0 heterocycles. The first-order chi connectivity index (χ1) is 15.6. The van der Waals surface area contributed by atoms with E-state index < -0.39 is 54.1 Å². The Balaban J connectivity index is 0. The van der Waals surface area contributed by atoms with Crippen molar-refractivity contribution < 1.29 is 59.7 Å². The van der Waals surface area contributed by atoms with Crippen LogP contribution < -0.4 is 0 Å². The summed E-state index contributed by atoms with van der Waals surface area (Å²) >= 11 is 0. The van der Waals surface area contributed by atoms with E-state index >= 15 is 0 Å². The smallest absolute Gasteiger partial charge is 0.434 e. The third kappa shape index (κ3) is 13.0. The van der Waals surface area contributed by atoms with Gasteiger partial charge >= 0.3 is 30.3 Å². The molecule has 0 aliphatic rings. The van der Waals surface area contributed by atoms with Gasteiger partial charge in [-0.05, 0) is 40.5 Å². The summed E-state index contributed by atoms with van der Waals surface area (Å²) in [5, 5.41) is 0. The van der Waals surface area contributed by atoms with Crippen LogP contribution in [-0.2, 0) is 33.3 Å². The van der Waals surface area contributed by atoms with Crippen molar-refractivity contribution in [1.82, 2.24) is 0 Å². The standard InChI is InChI=1S/C11H14F6O4.C11H22O3/c1-4-9(2,3)8(19)20-5-6(18)21-7(10(12,13)14)11(15,16)17;1-7-11(4,5)10(12)14-9(13-6)8(2)3/h7H,4-5H2,1-3H3;8-9H,7H2,1-6H3. The van der Waals surface area contributed by atoms with E-state index in [1.165, 1.54) is 13.8 Å². The molecule has 0 aromatic rings. The molecule has 0 radical (unpaired) electrons. The molecule has 1 atom stereocenters. The summed E-state index contributed by atoms with van der Waals surface area (Å²) in [7, 11) is 1.55. The molecule has 0 saturated heterocycles. The second kappa shape index (κ2) is 13.9. The number of alkyl halides is 6. The van der Waals surface area contributed by atoms with E-state index in [1.54, 1.807) is 14.0 Å². The third-order valence-corrected chi connectivity index (χ3v) is 5.04. The Bertz CT molecular complexity index is 671. The van der Waals surface area contributed by atoms with Crippen molar-refractivity contribution in [2.75, 3.05) is 13.7 Å². The topological polar surface area (TPSA) is 88.1 Å². The van der Waals surface area contributed by atoms with Gasteiger partial charge in [-0.15, -0.1) is 0 Å². The van der Waals surface area contributed by atoms with Crippen molar-refractivity contribution in [1.29, 1.82) is 0 Å². The molecule has 0 spiro atoms. The Kier molecular flexibility index (Phi) is 13.9. The van der Waals surface area contributed by atoms with Crippen LogP contribution in [0.2, 0.25) is 0 Å². The van der Waals surface area contributed by atoms with Crippen LogP contribution in [-0.4, -0.2) is 56.4 Å². The summed E-state index contributed by atoms with van der Waals surface area (Å²) in [6.07, 6.45) is -15.2. The van der Waals surface area contributed by atoms with Crippen molar-refractivity contribution in [3.05, 3.63) is 0 Å². The second-order valence-corrected chi connectivity index (χ2v) is 9.26. The maximum absolute atomic E-state index is 12.1. The fraction of sp³-hybridized carbons (Fsp3) is 0.864. The van der Waals surface area contributed by atoms with E-state index in [1.807, 2.05) is 34.6 Å². The molecule has 0 fully saturated rings. The Morgan fingerprint density at radius 3 is 1.46 bits per heavy atom. The SMILES string of the molecule is CCC(C)(C)C(=O)OC(OC)C(C)C.CCC(C)(C)C(=O)OCC(=O)OC(C(F)(F)F)C(F)(F)F. The number of ether oxygens (including phenoxy) is 4. The van der Waals surface area contributed by atoms with Gasteiger partial charge < -0.3 is 18.9 Å². The van der Waals surface area contributed by atoms with Crippen LogP contribution in [0, 0.1) is 16.7 Å². The van der Waals surface area contributed by atoms with E-state index in [0.717, 1.165) is 6.42 Å². The van der Waals surface area contributed by atoms with Crippen LogP contribution in [0.15, 0.2) is 0 Å². The number of carbonyl (C=O) groups is 3. The van der Waals surface area contributed by atoms with Gasteiger partial charge in [0.2, 0.25) is 6.29 Å². The quantitative estimate of drug-likeness (QED) is 0.159. The van der Waals surface area contributed by atoms with Crippen molar-refractivity contribution in [3.63, 3.8) is 0 Å². The first-order valence-corrected chi connectivity index (χ1v) is 10.8. The lowest BCUT2D eigenvalue weighted by Crippen LogP contribution is -2.46. The molecular formula is C22H36F6O7. The predicted molar refractivity (Wildman–Crippen MR) is 113 cm³/mol. The van der Waals surface area contributed by atoms with Crippen molar-refractivity contribution in [2.45, 2.75) is 93.0 Å². The van der Waals surface area contributed by atoms with Gasteiger partial charge in [-0.3, -0.25) is 9.59 Å². The summed E-state index contributed by atoms with van der Waals surface area (Å²) in [5.74, 6) is -2.88. The zero-order valence-electron chi connectivity index (χ0n) is 21.5. The predicted octanol–water partition coefficient (Wildman–Crippen LogP) is 5.60. The van der Waals surface area contributed by atoms with E-state index in [2.05, 4.69) is 9.47 Å². The summed E-state index contributed by atoms with van der Waals surface area (Å²) in [5.41, 5.74) is -1.45. The zero-order valence-corrected chi connectivity index (χ0v) is 21.5. The minimum atomic E-state index is -5.80. The lowest BCUT2D eigenvalue weighted by Gasteiger charge is -2.26. The van der Waals surface area contributed by atoms with Crippen LogP contribution in [0.25, 0.3) is 0 Å². The molecule has 13 heteroatoms. The first-order valence-electron chi connectivity index (χ1n) is 10.8. The average molecular weight is 527 g/mol. The number of methoxy groups -OCH3 is 1. The highest BCUT2D eigenvalue weighted by atomic mass is 19.4. The van der Waals surface area contributed by atoms with Crippen LogP contribution >= 0.6 is 0 Å². The number of esters is 3. The maximum Gasteiger partial charge on any atom is 0.434 e. The average Bonchev–Trinajstić information content (AvgIpc) is 2.72. The molecule has 0 aromatic carbocycles. The number of halogens is 6. The largest absolute Gasteiger partial charge is 0.453 e. The highest BCUT2D eigenvalue weighted by molar-refractivity contribution is 5.79. The molecule has 0 bridgehead atoms. The molecule has 0 aromatic heterocycles. The molecule has 35 heavy (non-hydrogen) atoms. The van der Waals surface area contributed by atoms with Gasteiger partial charge in [-0.25, -0.2) is 4.79 Å². The molecule has 7 nitrogen and oxygen atoms in total. The maximum atomic E-state index is 12.1. The van der Waals surface area contributed by atoms with Crippen molar-refractivity contribution >= 4 is 17.9 Å². The highest BCUT2D eigenvalue weighted by Gasteiger charge is 2.59. The van der Waals surface area contributed by atoms with Gasteiger partial charge in [0, 0.05) is 13.0 Å². The van der Waals surface area contributed by atoms with Gasteiger partial charge in [-0.1, -0.05) is 27.7 Å². The zero-order chi connectivity index (χ0) is 28.4. The number of carbonyl (C=O) groups excluding carboxylic acids is 3. The lowest BCUT2D eigenvalue weighted by molar-refractivity contribution is -0.313. The van der Waals surface area contributed by atoms with Crippen molar-refractivity contribution in [3.8, 4) is 0 Å². The molecule has 208 valence electrons. The molecule has 0 aliphatic heterocycles. The summed E-state index contributed by atoms with van der Waals surface area (Å²) in [4.78, 5) is 34.0. The number of rotatable bonds is 10. The minimum absolute atomic E-state index is 0.177. The fourth-order valence-corrected chi connectivity index (χ4v) is 1.81. The Morgan fingerprint density at radius 1 is 0.743 bits per heavy atom. The second-order valence-electron chi connectivity index (χ2n) is 9.26. The van der Waals surface area contributed by atoms with Crippen LogP contribution in [0.4, 0.5) is 26.3 Å². The van der Waals surface area contributed by atoms with Gasteiger partial charge in [0.25, 0.3) is 6.10 Å². The van der Waals surface area contributed by atoms with Crippen LogP contribution in [0.1, 0.15) is 68.2 Å². The summed E-state index contributed by atoms with van der Waals surface area (Å²) in [6, 6.07) is 0. The van der Waals surface area contributed by atoms with Gasteiger partial charge in [0.05, 0.1) is 10.8 Å². The molecule has 0 amide bonds. The van der Waals surface area contributed by atoms with Crippen LogP contribution in [0.3, 0.4) is 0 Å². The van der Waals surface area contributed by atoms with Gasteiger partial charge in [0.1, 0.15) is 0 Å². The minimum Gasteiger partial charge on any atom is -0.453 e. The Morgan fingerprint density at radius 2 is 1.14 bits per heavy atom. The molecule has 1 unspecified atom stereocenters. The van der Waals surface area contributed by atoms with Crippen LogP contribution in [0.5, 0.6) is 0 Å². The van der Waals surface area contributed by atoms with Crippen molar-refractivity contribution in [2.24, 2.45) is 16.7 Å². The molecule has 0 aliphatic carbocycles. The van der Waals surface area contributed by atoms with E-state index in [-0.39, 0.29) is 11.9 Å². The summed E-state index contributed by atoms with van der Waals surface area (Å²) < 4.78 is 90.7. The Hall–Kier alpha value is -2.05. The van der Waals surface area contributed by atoms with Gasteiger partial charge in [0.15, 0.2) is 6.61 Å². The van der Waals surface area contributed by atoms with E-state index in [4.69, 9.17) is 9.47 Å². The number of hydrogen-bond acceptors (Lipinski definition) is 7. The molecule has 0 N–H and O–H groups in total. The molecular weight excluding hydrogens is 490 g/mol. The van der Waals surface area contributed by atoms with E-state index in [0.29, 0.717) is 6.42 Å². The lowest BCUT2D eigenvalue weighted by atomic mass is 9.90. The molecule has 0 rings (SSSR count). The monoisotopic (exact) mass is 526 g/mol. The third-order valence-electron chi connectivity index (χ3n) is 5.04. The van der Waals surface area contributed by atoms with Gasteiger partial charge in [-0.2, -0.15) is 26.3 Å². The summed E-state index contributed by atoms with van der Waals surface area (Å²) in [6.45, 7) is 12.8. The first kappa shape index (κ1) is 35.1. The molecule has 0 saturated carbocycles. The number of hydrogen-bond donors (Lipinski definition) is 0. The highest BCUT2D eigenvalue weighted by Crippen LogP contribution is 2.35. The normalized spacial score (nSPS) is 13.6. The Labute approximate surface area is 201 Å². The fourth-order valence-electron chi connectivity index (χ4n) is 1.81. The van der Waals surface area contributed by atoms with E-state index in [9.17, 15) is 40.7 Å².